The Hall–Kier alpha value is -2.56. The predicted octanol–water partition coefficient (Wildman–Crippen LogP) is 3.09. The second kappa shape index (κ2) is 3.73. The maximum absolute atomic E-state index is 10.9. The highest BCUT2D eigenvalue weighted by Gasteiger charge is 2.19. The van der Waals surface area contributed by atoms with Crippen molar-refractivity contribution in [1.82, 2.24) is 4.98 Å². The van der Waals surface area contributed by atoms with Crippen LogP contribution in [0.2, 0.25) is 0 Å². The molecule has 90 valence electrons. The smallest absolute Gasteiger partial charge is 0.358 e. The first kappa shape index (κ1) is 10.6. The Balaban J connectivity index is 2.20. The molecular formula is C13H9NO4. The van der Waals surface area contributed by atoms with Crippen LogP contribution in [0, 0.1) is 6.92 Å². The fraction of sp³-hybridized carbons (Fsp3) is 0.0769. The number of carboxylic acid groups (broad SMARTS) is 1. The Morgan fingerprint density at radius 1 is 1.33 bits per heavy atom. The van der Waals surface area contributed by atoms with Crippen LogP contribution in [-0.4, -0.2) is 16.1 Å². The molecule has 0 spiro atoms. The number of hydrogen-bond donors (Lipinski definition) is 1. The van der Waals surface area contributed by atoms with Crippen molar-refractivity contribution < 1.29 is 18.7 Å². The molecule has 0 fully saturated rings. The van der Waals surface area contributed by atoms with Gasteiger partial charge in [0.15, 0.2) is 5.69 Å². The Morgan fingerprint density at radius 3 is 2.83 bits per heavy atom. The van der Waals surface area contributed by atoms with Gasteiger partial charge in [-0.15, -0.1) is 0 Å². The lowest BCUT2D eigenvalue weighted by Crippen LogP contribution is -1.98. The molecule has 18 heavy (non-hydrogen) atoms. The van der Waals surface area contributed by atoms with Crippen LogP contribution in [0.5, 0.6) is 0 Å². The van der Waals surface area contributed by atoms with Gasteiger partial charge in [0.2, 0.25) is 5.89 Å². The van der Waals surface area contributed by atoms with E-state index in [4.69, 9.17) is 13.9 Å². The van der Waals surface area contributed by atoms with Crippen molar-refractivity contribution in [3.05, 3.63) is 42.0 Å². The molecule has 0 saturated carbocycles. The molecule has 0 amide bonds. The number of benzene rings is 1. The maximum atomic E-state index is 10.9. The molecule has 5 heteroatoms. The number of rotatable bonds is 2. The summed E-state index contributed by atoms with van der Waals surface area (Å²) in [6, 6.07) is 7.43. The van der Waals surface area contributed by atoms with Crippen LogP contribution in [0.15, 0.2) is 39.4 Å². The number of aromatic carboxylic acids is 1. The second-order valence-electron chi connectivity index (χ2n) is 3.87. The highest BCUT2D eigenvalue weighted by atomic mass is 16.4. The minimum Gasteiger partial charge on any atom is -0.476 e. The summed E-state index contributed by atoms with van der Waals surface area (Å²) in [4.78, 5) is 14.9. The first-order valence-electron chi connectivity index (χ1n) is 5.34. The number of furan rings is 1. The summed E-state index contributed by atoms with van der Waals surface area (Å²) in [5, 5.41) is 9.79. The lowest BCUT2D eigenvalue weighted by atomic mass is 10.2. The number of nitrogens with zero attached hydrogens (tertiary/aromatic N) is 1. The standard InChI is InChI=1S/C13H9NO4/c1-7-11(13(15)16)14-12(18-7)9-6-17-10-5-3-2-4-8(9)10/h2-6H,1H3,(H,15,16). The molecule has 1 N–H and O–H groups in total. The molecule has 0 atom stereocenters. The molecular weight excluding hydrogens is 234 g/mol. The molecule has 0 unspecified atom stereocenters. The zero-order valence-corrected chi connectivity index (χ0v) is 9.51. The van der Waals surface area contributed by atoms with Gasteiger partial charge in [-0.3, -0.25) is 0 Å². The third kappa shape index (κ3) is 1.48. The molecule has 0 aliphatic rings. The quantitative estimate of drug-likeness (QED) is 0.748. The predicted molar refractivity (Wildman–Crippen MR) is 63.4 cm³/mol. The van der Waals surface area contributed by atoms with Crippen LogP contribution in [0.3, 0.4) is 0 Å². The van der Waals surface area contributed by atoms with Crippen molar-refractivity contribution in [2.75, 3.05) is 0 Å². The molecule has 0 aliphatic carbocycles. The minimum absolute atomic E-state index is 0.0738. The molecule has 5 nitrogen and oxygen atoms in total. The number of carboxylic acids is 1. The van der Waals surface area contributed by atoms with Gasteiger partial charge in [0.05, 0.1) is 5.56 Å². The largest absolute Gasteiger partial charge is 0.476 e. The summed E-state index contributed by atoms with van der Waals surface area (Å²) in [6.07, 6.45) is 1.52. The highest BCUT2D eigenvalue weighted by molar-refractivity contribution is 5.93. The Labute approximate surface area is 102 Å². The van der Waals surface area contributed by atoms with Crippen LogP contribution < -0.4 is 0 Å². The summed E-state index contributed by atoms with van der Waals surface area (Å²) < 4.78 is 10.7. The fourth-order valence-electron chi connectivity index (χ4n) is 1.85. The van der Waals surface area contributed by atoms with E-state index in [-0.39, 0.29) is 17.3 Å². The number of fused-ring (bicyclic) bond motifs is 1. The van der Waals surface area contributed by atoms with E-state index in [1.54, 1.807) is 6.92 Å². The summed E-state index contributed by atoms with van der Waals surface area (Å²) in [7, 11) is 0. The number of carbonyl (C=O) groups is 1. The molecule has 1 aromatic carbocycles. The lowest BCUT2D eigenvalue weighted by Gasteiger charge is -1.90. The van der Waals surface area contributed by atoms with Crippen LogP contribution in [0.1, 0.15) is 16.2 Å². The first-order valence-corrected chi connectivity index (χ1v) is 5.34. The maximum Gasteiger partial charge on any atom is 0.358 e. The number of aromatic nitrogens is 1. The van der Waals surface area contributed by atoms with Crippen LogP contribution >= 0.6 is 0 Å². The molecule has 0 radical (unpaired) electrons. The number of aryl methyl sites for hydroxylation is 1. The monoisotopic (exact) mass is 243 g/mol. The lowest BCUT2D eigenvalue weighted by molar-refractivity contribution is 0.0689. The van der Waals surface area contributed by atoms with Crippen molar-refractivity contribution in [2.24, 2.45) is 0 Å². The number of oxazole rings is 1. The van der Waals surface area contributed by atoms with Crippen molar-refractivity contribution in [2.45, 2.75) is 6.92 Å². The Morgan fingerprint density at radius 2 is 2.11 bits per heavy atom. The zero-order chi connectivity index (χ0) is 12.7. The van der Waals surface area contributed by atoms with E-state index in [2.05, 4.69) is 4.98 Å². The molecule has 3 rings (SSSR count). The van der Waals surface area contributed by atoms with Crippen molar-refractivity contribution in [3.63, 3.8) is 0 Å². The van der Waals surface area contributed by atoms with Crippen molar-refractivity contribution in [1.29, 1.82) is 0 Å². The molecule has 2 heterocycles. The average molecular weight is 243 g/mol. The van der Waals surface area contributed by atoms with Crippen LogP contribution in [-0.2, 0) is 0 Å². The number of para-hydroxylation sites is 1. The molecule has 2 aromatic heterocycles. The third-order valence-corrected chi connectivity index (χ3v) is 2.71. The molecule has 0 saturated heterocycles. The molecule has 3 aromatic rings. The Bertz CT molecular complexity index is 738. The van der Waals surface area contributed by atoms with E-state index in [1.165, 1.54) is 6.26 Å². The second-order valence-corrected chi connectivity index (χ2v) is 3.87. The van der Waals surface area contributed by atoms with E-state index < -0.39 is 5.97 Å². The van der Waals surface area contributed by atoms with Gasteiger partial charge in [-0.25, -0.2) is 9.78 Å². The van der Waals surface area contributed by atoms with Gasteiger partial charge in [-0.1, -0.05) is 18.2 Å². The topological polar surface area (TPSA) is 76.5 Å². The van der Waals surface area contributed by atoms with E-state index in [9.17, 15) is 4.79 Å². The summed E-state index contributed by atoms with van der Waals surface area (Å²) in [6.45, 7) is 1.57. The van der Waals surface area contributed by atoms with Gasteiger partial charge in [0.1, 0.15) is 17.6 Å². The van der Waals surface area contributed by atoms with E-state index in [0.29, 0.717) is 11.1 Å². The van der Waals surface area contributed by atoms with E-state index >= 15 is 0 Å². The van der Waals surface area contributed by atoms with Crippen molar-refractivity contribution in [3.8, 4) is 11.5 Å². The summed E-state index contributed by atoms with van der Waals surface area (Å²) in [5.41, 5.74) is 1.29. The van der Waals surface area contributed by atoms with Gasteiger partial charge in [-0.05, 0) is 13.0 Å². The third-order valence-electron chi connectivity index (χ3n) is 2.71. The van der Waals surface area contributed by atoms with Gasteiger partial charge in [0, 0.05) is 5.39 Å². The highest BCUT2D eigenvalue weighted by Crippen LogP contribution is 2.30. The van der Waals surface area contributed by atoms with Gasteiger partial charge in [-0.2, -0.15) is 0 Å². The summed E-state index contributed by atoms with van der Waals surface area (Å²) >= 11 is 0. The first-order chi connectivity index (χ1) is 8.66. The SMILES string of the molecule is Cc1oc(-c2coc3ccccc23)nc1C(=O)O. The van der Waals surface area contributed by atoms with Crippen LogP contribution in [0.25, 0.3) is 22.4 Å². The average Bonchev–Trinajstić information content (AvgIpc) is 2.92. The van der Waals surface area contributed by atoms with E-state index in [1.807, 2.05) is 24.3 Å². The Kier molecular flexibility index (Phi) is 2.19. The van der Waals surface area contributed by atoms with Crippen molar-refractivity contribution >= 4 is 16.9 Å². The fourth-order valence-corrected chi connectivity index (χ4v) is 1.85. The van der Waals surface area contributed by atoms with Gasteiger partial charge in [0.25, 0.3) is 0 Å². The van der Waals surface area contributed by atoms with Gasteiger partial charge < -0.3 is 13.9 Å². The van der Waals surface area contributed by atoms with Crippen LogP contribution in [0.4, 0.5) is 0 Å². The summed E-state index contributed by atoms with van der Waals surface area (Å²) in [5.74, 6) is -0.562. The van der Waals surface area contributed by atoms with E-state index in [0.717, 1.165) is 5.39 Å². The van der Waals surface area contributed by atoms with Gasteiger partial charge >= 0.3 is 5.97 Å². The number of hydrogen-bond acceptors (Lipinski definition) is 4. The zero-order valence-electron chi connectivity index (χ0n) is 9.51. The molecule has 0 aliphatic heterocycles. The minimum atomic E-state index is -1.10. The molecule has 0 bridgehead atoms. The normalized spacial score (nSPS) is 10.9.